The van der Waals surface area contributed by atoms with Crippen LogP contribution in [0.2, 0.25) is 0 Å². The van der Waals surface area contributed by atoms with E-state index in [2.05, 4.69) is 6.92 Å². The Labute approximate surface area is 81.5 Å². The van der Waals surface area contributed by atoms with Crippen LogP contribution in [-0.4, -0.2) is 11.7 Å². The minimum Gasteiger partial charge on any atom is -0.396 e. The Balaban J connectivity index is 1.91. The summed E-state index contributed by atoms with van der Waals surface area (Å²) in [6, 6.07) is 0. The van der Waals surface area contributed by atoms with E-state index in [0.29, 0.717) is 12.5 Å². The third-order valence-corrected chi connectivity index (χ3v) is 4.07. The fraction of sp³-hybridized carbons (Fsp3) is 1.00. The third-order valence-electron chi connectivity index (χ3n) is 4.07. The molecule has 0 aliphatic heterocycles. The van der Waals surface area contributed by atoms with Crippen LogP contribution in [0.3, 0.4) is 0 Å². The molecule has 1 heteroatoms. The van der Waals surface area contributed by atoms with Crippen LogP contribution >= 0.6 is 0 Å². The topological polar surface area (TPSA) is 20.2 Å². The molecule has 2 fully saturated rings. The SMILES string of the molecule is CC1CC(CO)CCCC1C1CC1. The lowest BCUT2D eigenvalue weighted by Crippen LogP contribution is -2.15. The van der Waals surface area contributed by atoms with Gasteiger partial charge in [-0.2, -0.15) is 0 Å². The van der Waals surface area contributed by atoms with Crippen LogP contribution in [0, 0.1) is 23.7 Å². The molecule has 2 aliphatic carbocycles. The van der Waals surface area contributed by atoms with Gasteiger partial charge in [0.05, 0.1) is 0 Å². The third kappa shape index (κ3) is 2.25. The van der Waals surface area contributed by atoms with Gasteiger partial charge in [-0.1, -0.05) is 13.3 Å². The lowest BCUT2D eigenvalue weighted by atomic mass is 9.84. The van der Waals surface area contributed by atoms with E-state index in [4.69, 9.17) is 0 Å². The van der Waals surface area contributed by atoms with Crippen molar-refractivity contribution in [2.75, 3.05) is 6.61 Å². The first-order valence-corrected chi connectivity index (χ1v) is 5.92. The zero-order chi connectivity index (χ0) is 9.26. The highest BCUT2D eigenvalue weighted by Gasteiger charge is 2.36. The Hall–Kier alpha value is -0.0400. The molecule has 0 aromatic carbocycles. The highest BCUT2D eigenvalue weighted by atomic mass is 16.3. The highest BCUT2D eigenvalue weighted by Crippen LogP contribution is 2.46. The second-order valence-corrected chi connectivity index (χ2v) is 5.19. The molecular formula is C12H22O. The number of aliphatic hydroxyl groups is 1. The van der Waals surface area contributed by atoms with E-state index in [0.717, 1.165) is 17.8 Å². The van der Waals surface area contributed by atoms with Crippen LogP contribution in [0.5, 0.6) is 0 Å². The molecule has 3 unspecified atom stereocenters. The smallest absolute Gasteiger partial charge is 0.0459 e. The van der Waals surface area contributed by atoms with Crippen LogP contribution in [0.25, 0.3) is 0 Å². The molecule has 2 saturated carbocycles. The van der Waals surface area contributed by atoms with Crippen molar-refractivity contribution in [1.82, 2.24) is 0 Å². The zero-order valence-corrected chi connectivity index (χ0v) is 8.71. The molecule has 0 amide bonds. The maximum atomic E-state index is 9.17. The van der Waals surface area contributed by atoms with Gasteiger partial charge in [-0.3, -0.25) is 0 Å². The van der Waals surface area contributed by atoms with Gasteiger partial charge in [-0.05, 0) is 55.8 Å². The van der Waals surface area contributed by atoms with E-state index in [-0.39, 0.29) is 0 Å². The molecule has 2 aliphatic rings. The average molecular weight is 182 g/mol. The van der Waals surface area contributed by atoms with Crippen molar-refractivity contribution in [3.05, 3.63) is 0 Å². The van der Waals surface area contributed by atoms with Crippen LogP contribution in [0.1, 0.15) is 45.4 Å². The van der Waals surface area contributed by atoms with Crippen LogP contribution < -0.4 is 0 Å². The molecular weight excluding hydrogens is 160 g/mol. The van der Waals surface area contributed by atoms with Crippen molar-refractivity contribution in [3.63, 3.8) is 0 Å². The second kappa shape index (κ2) is 4.00. The summed E-state index contributed by atoms with van der Waals surface area (Å²) in [6.45, 7) is 2.82. The predicted molar refractivity (Wildman–Crippen MR) is 54.4 cm³/mol. The average Bonchev–Trinajstić information content (AvgIpc) is 2.90. The second-order valence-electron chi connectivity index (χ2n) is 5.19. The Morgan fingerprint density at radius 3 is 2.54 bits per heavy atom. The van der Waals surface area contributed by atoms with Gasteiger partial charge in [-0.15, -0.1) is 0 Å². The van der Waals surface area contributed by atoms with E-state index in [1.807, 2.05) is 0 Å². The number of hydrogen-bond donors (Lipinski definition) is 1. The predicted octanol–water partition coefficient (Wildman–Crippen LogP) is 2.83. The first-order valence-electron chi connectivity index (χ1n) is 5.92. The summed E-state index contributed by atoms with van der Waals surface area (Å²) in [5.41, 5.74) is 0. The Kier molecular flexibility index (Phi) is 2.92. The minimum absolute atomic E-state index is 0.418. The maximum Gasteiger partial charge on any atom is 0.0459 e. The van der Waals surface area contributed by atoms with Crippen molar-refractivity contribution in [2.45, 2.75) is 45.4 Å². The van der Waals surface area contributed by atoms with E-state index in [1.165, 1.54) is 38.5 Å². The number of aliphatic hydroxyl groups excluding tert-OH is 1. The van der Waals surface area contributed by atoms with Gasteiger partial charge in [0, 0.05) is 6.61 Å². The summed E-state index contributed by atoms with van der Waals surface area (Å²) < 4.78 is 0. The first-order chi connectivity index (χ1) is 6.31. The van der Waals surface area contributed by atoms with Crippen molar-refractivity contribution < 1.29 is 5.11 Å². The zero-order valence-electron chi connectivity index (χ0n) is 8.71. The normalized spacial score (nSPS) is 41.5. The monoisotopic (exact) mass is 182 g/mol. The van der Waals surface area contributed by atoms with E-state index in [1.54, 1.807) is 0 Å². The summed E-state index contributed by atoms with van der Waals surface area (Å²) in [7, 11) is 0. The molecule has 0 aromatic heterocycles. The van der Waals surface area contributed by atoms with Crippen molar-refractivity contribution in [1.29, 1.82) is 0 Å². The molecule has 3 atom stereocenters. The van der Waals surface area contributed by atoms with Gasteiger partial charge in [0.1, 0.15) is 0 Å². The van der Waals surface area contributed by atoms with E-state index < -0.39 is 0 Å². The molecule has 0 spiro atoms. The summed E-state index contributed by atoms with van der Waals surface area (Å²) in [5.74, 6) is 3.54. The molecule has 1 N–H and O–H groups in total. The van der Waals surface area contributed by atoms with Gasteiger partial charge in [0.25, 0.3) is 0 Å². The van der Waals surface area contributed by atoms with Crippen molar-refractivity contribution in [3.8, 4) is 0 Å². The lowest BCUT2D eigenvalue weighted by molar-refractivity contribution is 0.191. The Morgan fingerprint density at radius 1 is 1.15 bits per heavy atom. The van der Waals surface area contributed by atoms with Crippen LogP contribution in [-0.2, 0) is 0 Å². The Morgan fingerprint density at radius 2 is 1.92 bits per heavy atom. The largest absolute Gasteiger partial charge is 0.396 e. The standard InChI is InChI=1S/C12H22O/c1-9-7-10(8-13)3-2-4-12(9)11-5-6-11/h9-13H,2-8H2,1H3. The Bertz CT molecular complexity index is 163. The first kappa shape index (κ1) is 9.51. The van der Waals surface area contributed by atoms with Crippen LogP contribution in [0.15, 0.2) is 0 Å². The summed E-state index contributed by atoms with van der Waals surface area (Å²) in [6.07, 6.45) is 8.30. The fourth-order valence-electron chi connectivity index (χ4n) is 3.14. The molecule has 0 saturated heterocycles. The maximum absolute atomic E-state index is 9.17. The highest BCUT2D eigenvalue weighted by molar-refractivity contribution is 4.86. The van der Waals surface area contributed by atoms with Crippen molar-refractivity contribution >= 4 is 0 Å². The molecule has 13 heavy (non-hydrogen) atoms. The molecule has 0 aromatic rings. The number of rotatable bonds is 2. The molecule has 0 heterocycles. The summed E-state index contributed by atoms with van der Waals surface area (Å²) in [4.78, 5) is 0. The van der Waals surface area contributed by atoms with Gasteiger partial charge in [0.15, 0.2) is 0 Å². The quantitative estimate of drug-likeness (QED) is 0.651. The molecule has 0 bridgehead atoms. The minimum atomic E-state index is 0.418. The van der Waals surface area contributed by atoms with Crippen LogP contribution in [0.4, 0.5) is 0 Å². The van der Waals surface area contributed by atoms with Gasteiger partial charge in [0.2, 0.25) is 0 Å². The van der Waals surface area contributed by atoms with Crippen molar-refractivity contribution in [2.24, 2.45) is 23.7 Å². The summed E-state index contributed by atoms with van der Waals surface area (Å²) in [5, 5.41) is 9.17. The lowest BCUT2D eigenvalue weighted by Gasteiger charge is -2.22. The molecule has 2 rings (SSSR count). The van der Waals surface area contributed by atoms with Gasteiger partial charge < -0.3 is 5.11 Å². The van der Waals surface area contributed by atoms with E-state index >= 15 is 0 Å². The fourth-order valence-corrected chi connectivity index (χ4v) is 3.14. The van der Waals surface area contributed by atoms with Gasteiger partial charge in [-0.25, -0.2) is 0 Å². The molecule has 1 nitrogen and oxygen atoms in total. The van der Waals surface area contributed by atoms with E-state index in [9.17, 15) is 5.11 Å². The van der Waals surface area contributed by atoms with Gasteiger partial charge >= 0.3 is 0 Å². The molecule has 76 valence electrons. The number of hydrogen-bond acceptors (Lipinski definition) is 1. The summed E-state index contributed by atoms with van der Waals surface area (Å²) >= 11 is 0. The molecule has 0 radical (unpaired) electrons.